The summed E-state index contributed by atoms with van der Waals surface area (Å²) in [6.45, 7) is 6.75. The summed E-state index contributed by atoms with van der Waals surface area (Å²) in [5.41, 5.74) is 0.496. The van der Waals surface area contributed by atoms with E-state index in [1.807, 2.05) is 44.2 Å². The van der Waals surface area contributed by atoms with Gasteiger partial charge < -0.3 is 26.2 Å². The summed E-state index contributed by atoms with van der Waals surface area (Å²) in [6.07, 6.45) is 0.286. The number of hydrogen-bond donors (Lipinski definition) is 4. The predicted octanol–water partition coefficient (Wildman–Crippen LogP) is 2.48. The molecule has 4 rings (SSSR count). The molecule has 0 unspecified atom stereocenters. The van der Waals surface area contributed by atoms with E-state index in [9.17, 15) is 28.4 Å². The first-order chi connectivity index (χ1) is 23.3. The Hall–Kier alpha value is -4.85. The number of carbonyl (C=O) groups excluding carboxylic acids is 5. The van der Waals surface area contributed by atoms with Crippen LogP contribution in [0.1, 0.15) is 67.2 Å². The summed E-state index contributed by atoms with van der Waals surface area (Å²) in [5, 5.41) is 15.5. The lowest BCUT2D eigenvalue weighted by Gasteiger charge is -2.27. The minimum atomic E-state index is -1.01. The van der Waals surface area contributed by atoms with Gasteiger partial charge in [-0.1, -0.05) is 61.8 Å². The van der Waals surface area contributed by atoms with Gasteiger partial charge in [-0.05, 0) is 43.9 Å². The van der Waals surface area contributed by atoms with Crippen LogP contribution in [-0.2, 0) is 32.1 Å². The maximum absolute atomic E-state index is 14.7. The summed E-state index contributed by atoms with van der Waals surface area (Å²) in [7, 11) is 0. The summed E-state index contributed by atoms with van der Waals surface area (Å²) in [5.74, 6) is -2.88. The van der Waals surface area contributed by atoms with Gasteiger partial charge in [-0.3, -0.25) is 24.0 Å². The fraction of sp³-hybridized carbons (Fsp3) is 0.441. The Morgan fingerprint density at radius 3 is 2.41 bits per heavy atom. The zero-order valence-corrected chi connectivity index (χ0v) is 28.7. The Morgan fingerprint density at radius 2 is 1.71 bits per heavy atom. The minimum Gasteiger partial charge on any atom is -0.353 e. The fourth-order valence-electron chi connectivity index (χ4n) is 5.46. The number of fused-ring (bicyclic) bond motifs is 1. The molecule has 2 heterocycles. The smallest absolute Gasteiger partial charge is 0.258 e. The highest BCUT2D eigenvalue weighted by Gasteiger charge is 2.31. The molecule has 0 saturated heterocycles. The SMILES string of the molecule is Cc1nc2n(n1)CC(=O)NCCN(C(=O)c1c(F)cccc1Cl)CCCC(=O)N[C@@H](C)C(=O)N[C@H](Cc1ccccc1)C(=O)N[C@H]2C(C)C. The minimum absolute atomic E-state index is 0.00755. The third-order valence-electron chi connectivity index (χ3n) is 8.03. The van der Waals surface area contributed by atoms with Crippen LogP contribution in [0.5, 0.6) is 0 Å². The maximum atomic E-state index is 14.7. The van der Waals surface area contributed by atoms with Crippen molar-refractivity contribution in [2.24, 2.45) is 5.92 Å². The van der Waals surface area contributed by atoms with E-state index in [4.69, 9.17) is 11.6 Å². The zero-order valence-electron chi connectivity index (χ0n) is 28.0. The summed E-state index contributed by atoms with van der Waals surface area (Å²) in [4.78, 5) is 72.4. The number of amides is 5. The molecular formula is C34H42ClFN8O5. The van der Waals surface area contributed by atoms with E-state index in [1.165, 1.54) is 28.6 Å². The molecular weight excluding hydrogens is 655 g/mol. The van der Waals surface area contributed by atoms with Crippen molar-refractivity contribution in [3.05, 3.63) is 82.1 Å². The van der Waals surface area contributed by atoms with E-state index < -0.39 is 53.5 Å². The van der Waals surface area contributed by atoms with Crippen molar-refractivity contribution in [3.63, 3.8) is 0 Å². The first-order valence-electron chi connectivity index (χ1n) is 16.2. The number of nitrogens with one attached hydrogen (secondary N) is 4. The molecule has 0 radical (unpaired) electrons. The van der Waals surface area contributed by atoms with Crippen molar-refractivity contribution in [2.45, 2.75) is 71.6 Å². The molecule has 3 aromatic rings. The largest absolute Gasteiger partial charge is 0.353 e. The first kappa shape index (κ1) is 37.0. The number of benzene rings is 2. The Kier molecular flexibility index (Phi) is 12.8. The van der Waals surface area contributed by atoms with Gasteiger partial charge in [-0.25, -0.2) is 14.1 Å². The van der Waals surface area contributed by atoms with Gasteiger partial charge in [0.25, 0.3) is 5.91 Å². The lowest BCUT2D eigenvalue weighted by molar-refractivity contribution is -0.132. The molecule has 15 heteroatoms. The van der Waals surface area contributed by atoms with Crippen molar-refractivity contribution in [1.29, 1.82) is 0 Å². The fourth-order valence-corrected chi connectivity index (χ4v) is 5.71. The molecule has 262 valence electrons. The van der Waals surface area contributed by atoms with E-state index in [1.54, 1.807) is 6.92 Å². The van der Waals surface area contributed by atoms with Crippen LogP contribution in [0.25, 0.3) is 0 Å². The van der Waals surface area contributed by atoms with E-state index >= 15 is 0 Å². The summed E-state index contributed by atoms with van der Waals surface area (Å²) < 4.78 is 16.1. The first-order valence-corrected chi connectivity index (χ1v) is 16.6. The summed E-state index contributed by atoms with van der Waals surface area (Å²) in [6, 6.07) is 10.4. The quantitative estimate of drug-likeness (QED) is 0.325. The third-order valence-corrected chi connectivity index (χ3v) is 8.34. The second-order valence-electron chi connectivity index (χ2n) is 12.3. The number of aryl methyl sites for hydroxylation is 1. The van der Waals surface area contributed by atoms with E-state index in [0.717, 1.165) is 11.6 Å². The second kappa shape index (κ2) is 17.0. The predicted molar refractivity (Wildman–Crippen MR) is 180 cm³/mol. The van der Waals surface area contributed by atoms with Crippen molar-refractivity contribution >= 4 is 41.1 Å². The third kappa shape index (κ3) is 10.1. The van der Waals surface area contributed by atoms with Gasteiger partial charge in [0.2, 0.25) is 23.6 Å². The molecule has 0 fully saturated rings. The molecule has 0 saturated carbocycles. The lowest BCUT2D eigenvalue weighted by Crippen LogP contribution is -2.54. The molecule has 5 amide bonds. The van der Waals surface area contributed by atoms with Gasteiger partial charge in [0.1, 0.15) is 30.3 Å². The van der Waals surface area contributed by atoms with Crippen LogP contribution in [0.2, 0.25) is 5.02 Å². The molecule has 0 aliphatic carbocycles. The number of aromatic nitrogens is 3. The number of halogens is 2. The molecule has 49 heavy (non-hydrogen) atoms. The number of hydrogen-bond acceptors (Lipinski definition) is 7. The van der Waals surface area contributed by atoms with Crippen molar-refractivity contribution in [2.75, 3.05) is 19.6 Å². The topological polar surface area (TPSA) is 167 Å². The number of rotatable bonds is 4. The van der Waals surface area contributed by atoms with Crippen LogP contribution in [0.15, 0.2) is 48.5 Å². The van der Waals surface area contributed by atoms with Gasteiger partial charge in [0.05, 0.1) is 16.6 Å². The standard InChI is InChI=1S/C34H42ClFN8O5/c1-20(2)30-31-39-22(4)42-44(31)19-28(46)37-15-17-43(34(49)29-24(35)12-8-13-25(29)36)16-9-14-27(45)38-21(3)32(47)40-26(33(48)41-30)18-23-10-6-5-7-11-23/h5-8,10-13,20-21,26,30H,9,14-19H2,1-4H3,(H,37,46)(H,38,45)(H,40,47)(H,41,48)/t21-,26+,30-/m0/s1. The van der Waals surface area contributed by atoms with Crippen LogP contribution in [-0.4, -0.2) is 80.9 Å². The van der Waals surface area contributed by atoms with E-state index in [0.29, 0.717) is 11.6 Å². The van der Waals surface area contributed by atoms with Crippen molar-refractivity contribution in [1.82, 2.24) is 40.9 Å². The van der Waals surface area contributed by atoms with Gasteiger partial charge in [0, 0.05) is 32.5 Å². The number of nitrogens with zero attached hydrogens (tertiary/aromatic N) is 4. The van der Waals surface area contributed by atoms with Gasteiger partial charge in [-0.2, -0.15) is 5.10 Å². The van der Waals surface area contributed by atoms with Gasteiger partial charge >= 0.3 is 0 Å². The van der Waals surface area contributed by atoms with Crippen molar-refractivity contribution < 1.29 is 28.4 Å². The molecule has 0 bridgehead atoms. The Balaban J connectivity index is 1.64. The average Bonchev–Trinajstić information content (AvgIpc) is 3.40. The highest BCUT2D eigenvalue weighted by molar-refractivity contribution is 6.33. The van der Waals surface area contributed by atoms with Crippen molar-refractivity contribution in [3.8, 4) is 0 Å². The van der Waals surface area contributed by atoms with Crippen LogP contribution in [0.3, 0.4) is 0 Å². The molecule has 1 aliphatic rings. The van der Waals surface area contributed by atoms with Crippen LogP contribution >= 0.6 is 11.6 Å². The van der Waals surface area contributed by atoms with Crippen LogP contribution in [0, 0.1) is 18.7 Å². The molecule has 0 spiro atoms. The summed E-state index contributed by atoms with van der Waals surface area (Å²) >= 11 is 6.17. The molecule has 1 aliphatic heterocycles. The highest BCUT2D eigenvalue weighted by atomic mass is 35.5. The Morgan fingerprint density at radius 1 is 0.980 bits per heavy atom. The van der Waals surface area contributed by atoms with E-state index in [-0.39, 0.29) is 61.9 Å². The normalized spacial score (nSPS) is 20.5. The monoisotopic (exact) mass is 696 g/mol. The van der Waals surface area contributed by atoms with Gasteiger partial charge in [-0.15, -0.1) is 0 Å². The molecule has 13 nitrogen and oxygen atoms in total. The maximum Gasteiger partial charge on any atom is 0.258 e. The Bertz CT molecular complexity index is 1650. The number of carbonyl (C=O) groups is 5. The molecule has 3 atom stereocenters. The van der Waals surface area contributed by atoms with Gasteiger partial charge in [0.15, 0.2) is 5.82 Å². The van der Waals surface area contributed by atoms with E-state index in [2.05, 4.69) is 31.3 Å². The lowest BCUT2D eigenvalue weighted by atomic mass is 10.0. The van der Waals surface area contributed by atoms with Crippen LogP contribution < -0.4 is 21.3 Å². The highest BCUT2D eigenvalue weighted by Crippen LogP contribution is 2.22. The molecule has 4 N–H and O–H groups in total. The zero-order chi connectivity index (χ0) is 35.7. The molecule has 2 aromatic carbocycles. The molecule has 1 aromatic heterocycles. The van der Waals surface area contributed by atoms with Crippen LogP contribution in [0.4, 0.5) is 4.39 Å². The Labute approximate surface area is 289 Å². The average molecular weight is 697 g/mol. The second-order valence-corrected chi connectivity index (χ2v) is 12.7.